The molecule has 4 aromatic rings. The maximum absolute atomic E-state index is 13.4. The highest BCUT2D eigenvalue weighted by atomic mass is 16.7. The van der Waals surface area contributed by atoms with Gasteiger partial charge in [0.25, 0.3) is 0 Å². The largest absolute Gasteiger partial charge is 0.444 e. The van der Waals surface area contributed by atoms with Crippen LogP contribution in [-0.4, -0.2) is 28.6 Å². The summed E-state index contributed by atoms with van der Waals surface area (Å²) in [5, 5.41) is 5.77. The lowest BCUT2D eigenvalue weighted by Crippen LogP contribution is -2.05. The van der Waals surface area contributed by atoms with Crippen LogP contribution in [0.2, 0.25) is 0 Å². The molecule has 0 aliphatic rings. The zero-order chi connectivity index (χ0) is 29.2. The maximum atomic E-state index is 13.4. The number of carbonyl (C=O) groups is 2. The number of aromatic nitrogens is 1. The number of ketones is 1. The van der Waals surface area contributed by atoms with Gasteiger partial charge in [-0.1, -0.05) is 41.4 Å². The van der Waals surface area contributed by atoms with Gasteiger partial charge in [-0.05, 0) is 80.0 Å². The quantitative estimate of drug-likeness (QED) is 0.0764. The van der Waals surface area contributed by atoms with Crippen LogP contribution in [0.25, 0.3) is 21.8 Å². The third-order valence-electron chi connectivity index (χ3n) is 6.22. The van der Waals surface area contributed by atoms with Gasteiger partial charge in [-0.2, -0.15) is 0 Å². The van der Waals surface area contributed by atoms with E-state index in [1.54, 1.807) is 13.8 Å². The maximum Gasteiger partial charge on any atom is 0.331 e. The fourth-order valence-corrected chi connectivity index (χ4v) is 4.32. The Bertz CT molecular complexity index is 1950. The summed E-state index contributed by atoms with van der Waals surface area (Å²) in [6.07, 6.45) is 2.59. The van der Waals surface area contributed by atoms with Gasteiger partial charge in [-0.3, -0.25) is 4.79 Å². The van der Waals surface area contributed by atoms with Crippen LogP contribution in [0.15, 0.2) is 65.8 Å². The fraction of sp³-hybridized carbons (Fsp3) is 0.171. The highest BCUT2D eigenvalue weighted by Crippen LogP contribution is 2.32. The Balaban J connectivity index is 1.71. The number of aryl methyl sites for hydroxylation is 1. The van der Waals surface area contributed by atoms with Gasteiger partial charge < -0.3 is 14.1 Å². The molecule has 4 rings (SSSR count). The summed E-state index contributed by atoms with van der Waals surface area (Å²) in [5.74, 6) is 17.7. The number of hydrogen-bond acceptors (Lipinski definition) is 5. The smallest absolute Gasteiger partial charge is 0.331 e. The van der Waals surface area contributed by atoms with Gasteiger partial charge in [0, 0.05) is 57.6 Å². The molecule has 1 aromatic heterocycles. The second-order valence-electron chi connectivity index (χ2n) is 8.97. The molecule has 6 heteroatoms. The van der Waals surface area contributed by atoms with E-state index in [0.717, 1.165) is 32.9 Å². The third kappa shape index (κ3) is 6.85. The van der Waals surface area contributed by atoms with Gasteiger partial charge in [-0.15, -0.1) is 0 Å². The lowest BCUT2D eigenvalue weighted by Gasteiger charge is -2.08. The van der Waals surface area contributed by atoms with E-state index in [2.05, 4.69) is 57.3 Å². The van der Waals surface area contributed by atoms with Crippen LogP contribution in [-0.2, 0) is 20.9 Å². The topological polar surface area (TPSA) is 69.9 Å². The minimum Gasteiger partial charge on any atom is -0.444 e. The standard InChI is InChI=1S/C35H26N2O4/c1-5-6-7-8-9-10-13-21-40-22-20-37-33-18-16-28(26(3)36-41-27(4)38)23-31(33)32-24-29(17-19-34(32)37)35(39)30-15-12-11-14-25(30)2/h11-12,14-19,23-24H,20,22H2,1-4H3/b36-26+. The number of nitrogens with zero attached hydrogens (tertiary/aromatic N) is 2. The normalized spacial score (nSPS) is 10.2. The molecule has 0 atom stereocenters. The monoisotopic (exact) mass is 538 g/mol. The fourth-order valence-electron chi connectivity index (χ4n) is 4.32. The van der Waals surface area contributed by atoms with E-state index in [4.69, 9.17) is 9.57 Å². The molecule has 0 bridgehead atoms. The van der Waals surface area contributed by atoms with Crippen molar-refractivity contribution in [3.8, 4) is 47.5 Å². The van der Waals surface area contributed by atoms with Crippen molar-refractivity contribution in [1.29, 1.82) is 0 Å². The molecular formula is C35H26N2O4. The van der Waals surface area contributed by atoms with Crippen molar-refractivity contribution >= 4 is 39.3 Å². The SMILES string of the molecule is CC#CC#CC#CC#COCCn1c2ccc(C(=O)c3ccccc3C)cc2c2cc(/C(C)=N/OC(C)=O)ccc21. The first-order valence-corrected chi connectivity index (χ1v) is 12.8. The predicted molar refractivity (Wildman–Crippen MR) is 161 cm³/mol. The molecule has 0 N–H and O–H groups in total. The lowest BCUT2D eigenvalue weighted by atomic mass is 9.97. The van der Waals surface area contributed by atoms with Crippen molar-refractivity contribution in [1.82, 2.24) is 4.57 Å². The van der Waals surface area contributed by atoms with Gasteiger partial charge in [-0.25, -0.2) is 4.79 Å². The number of rotatable bonds is 7. The zero-order valence-corrected chi connectivity index (χ0v) is 23.2. The minimum atomic E-state index is -0.491. The Labute approximate surface area is 239 Å². The molecule has 0 saturated heterocycles. The molecule has 0 saturated carbocycles. The van der Waals surface area contributed by atoms with E-state index in [-0.39, 0.29) is 5.78 Å². The molecular weight excluding hydrogens is 512 g/mol. The molecule has 0 aliphatic heterocycles. The summed E-state index contributed by atoms with van der Waals surface area (Å²) in [7, 11) is 0. The van der Waals surface area contributed by atoms with Crippen LogP contribution in [0.5, 0.6) is 0 Å². The third-order valence-corrected chi connectivity index (χ3v) is 6.22. The molecule has 6 nitrogen and oxygen atoms in total. The van der Waals surface area contributed by atoms with E-state index in [1.807, 2.05) is 67.6 Å². The molecule has 0 spiro atoms. The van der Waals surface area contributed by atoms with Gasteiger partial charge in [0.05, 0.1) is 12.3 Å². The van der Waals surface area contributed by atoms with Gasteiger partial charge >= 0.3 is 5.97 Å². The van der Waals surface area contributed by atoms with Gasteiger partial charge in [0.2, 0.25) is 0 Å². The summed E-state index contributed by atoms with van der Waals surface area (Å²) in [6.45, 7) is 7.54. The summed E-state index contributed by atoms with van der Waals surface area (Å²) in [6, 6.07) is 19.2. The number of benzene rings is 3. The number of oxime groups is 1. The van der Waals surface area contributed by atoms with E-state index in [0.29, 0.717) is 30.0 Å². The van der Waals surface area contributed by atoms with Crippen LogP contribution in [0.3, 0.4) is 0 Å². The molecule has 3 aromatic carbocycles. The van der Waals surface area contributed by atoms with Gasteiger partial charge in [0.1, 0.15) is 12.7 Å². The highest BCUT2D eigenvalue weighted by molar-refractivity contribution is 6.16. The Morgan fingerprint density at radius 3 is 2.15 bits per heavy atom. The minimum absolute atomic E-state index is 0.0409. The summed E-state index contributed by atoms with van der Waals surface area (Å²) < 4.78 is 7.62. The highest BCUT2D eigenvalue weighted by Gasteiger charge is 2.17. The number of fused-ring (bicyclic) bond motifs is 3. The van der Waals surface area contributed by atoms with Crippen LogP contribution in [0.1, 0.15) is 47.8 Å². The van der Waals surface area contributed by atoms with E-state index in [1.165, 1.54) is 6.92 Å². The van der Waals surface area contributed by atoms with Crippen molar-refractivity contribution in [3.63, 3.8) is 0 Å². The molecule has 0 aliphatic carbocycles. The Morgan fingerprint density at radius 2 is 1.46 bits per heavy atom. The molecule has 200 valence electrons. The lowest BCUT2D eigenvalue weighted by molar-refractivity contribution is -0.140. The van der Waals surface area contributed by atoms with Crippen LogP contribution in [0.4, 0.5) is 0 Å². The first-order chi connectivity index (χ1) is 19.9. The summed E-state index contributed by atoms with van der Waals surface area (Å²) in [4.78, 5) is 29.5. The average molecular weight is 539 g/mol. The van der Waals surface area contributed by atoms with Crippen LogP contribution < -0.4 is 0 Å². The molecule has 0 unspecified atom stereocenters. The average Bonchev–Trinajstić information content (AvgIpc) is 3.28. The second-order valence-corrected chi connectivity index (χ2v) is 8.97. The van der Waals surface area contributed by atoms with Crippen molar-refractivity contribution in [2.45, 2.75) is 34.2 Å². The molecule has 0 amide bonds. The van der Waals surface area contributed by atoms with E-state index >= 15 is 0 Å². The Hall–Kier alpha value is -5.69. The van der Waals surface area contributed by atoms with Crippen LogP contribution in [0, 0.1) is 54.5 Å². The molecule has 0 fully saturated rings. The molecule has 1 heterocycles. The second kappa shape index (κ2) is 13.4. The van der Waals surface area contributed by atoms with Crippen molar-refractivity contribution in [3.05, 3.63) is 82.9 Å². The first kappa shape index (κ1) is 28.3. The zero-order valence-electron chi connectivity index (χ0n) is 23.2. The van der Waals surface area contributed by atoms with Crippen molar-refractivity contribution in [2.24, 2.45) is 5.16 Å². The number of carbonyl (C=O) groups excluding carboxylic acids is 2. The van der Waals surface area contributed by atoms with Gasteiger partial charge in [0.15, 0.2) is 5.78 Å². The number of ether oxygens (including phenoxy) is 1. The molecule has 41 heavy (non-hydrogen) atoms. The first-order valence-electron chi connectivity index (χ1n) is 12.8. The Morgan fingerprint density at radius 1 is 0.829 bits per heavy atom. The Kier molecular flexibility index (Phi) is 9.25. The molecule has 0 radical (unpaired) electrons. The predicted octanol–water partition coefficient (Wildman–Crippen LogP) is 5.63. The van der Waals surface area contributed by atoms with Crippen molar-refractivity contribution < 1.29 is 19.2 Å². The summed E-state index contributed by atoms with van der Waals surface area (Å²) >= 11 is 0. The van der Waals surface area contributed by atoms with E-state index in [9.17, 15) is 9.59 Å². The van der Waals surface area contributed by atoms with E-state index < -0.39 is 5.97 Å². The number of hydrogen-bond donors (Lipinski definition) is 0. The van der Waals surface area contributed by atoms with Crippen LogP contribution >= 0.6 is 0 Å². The van der Waals surface area contributed by atoms with Crippen molar-refractivity contribution in [2.75, 3.05) is 6.61 Å². The summed E-state index contributed by atoms with van der Waals surface area (Å²) in [5.41, 5.74) is 5.42.